The first-order chi connectivity index (χ1) is 5.16. The van der Waals surface area contributed by atoms with Crippen LogP contribution in [0.15, 0.2) is 0 Å². The summed E-state index contributed by atoms with van der Waals surface area (Å²) in [6.45, 7) is 5.47. The minimum atomic E-state index is 0.634. The maximum atomic E-state index is 5.17. The molecule has 0 aromatic heterocycles. The van der Waals surface area contributed by atoms with E-state index in [9.17, 15) is 0 Å². The van der Waals surface area contributed by atoms with E-state index in [0.29, 0.717) is 6.04 Å². The maximum Gasteiger partial charge on any atom is 0.0620 e. The third kappa shape index (κ3) is 1.74. The van der Waals surface area contributed by atoms with E-state index in [1.165, 1.54) is 6.42 Å². The summed E-state index contributed by atoms with van der Waals surface area (Å²) >= 11 is 0. The number of likely N-dealkylation sites (N-methyl/N-ethyl adjacent to an activating group) is 1. The van der Waals surface area contributed by atoms with Crippen LogP contribution in [0.1, 0.15) is 20.3 Å². The van der Waals surface area contributed by atoms with Crippen LogP contribution in [0.2, 0.25) is 0 Å². The maximum absolute atomic E-state index is 5.17. The molecular formula is C9H19NO. The second-order valence-electron chi connectivity index (χ2n) is 3.75. The van der Waals surface area contributed by atoms with E-state index in [4.69, 9.17) is 4.74 Å². The molecule has 66 valence electrons. The van der Waals surface area contributed by atoms with Gasteiger partial charge in [0, 0.05) is 19.2 Å². The molecule has 0 bridgehead atoms. The lowest BCUT2D eigenvalue weighted by molar-refractivity contribution is 0.104. The van der Waals surface area contributed by atoms with E-state index in [1.54, 1.807) is 7.11 Å². The fourth-order valence-electron chi connectivity index (χ4n) is 2.04. The number of hydrogen-bond donors (Lipinski definition) is 0. The molecule has 0 saturated carbocycles. The summed E-state index contributed by atoms with van der Waals surface area (Å²) < 4.78 is 5.17. The van der Waals surface area contributed by atoms with Crippen molar-refractivity contribution in [2.75, 3.05) is 20.8 Å². The fourth-order valence-corrected chi connectivity index (χ4v) is 2.04. The topological polar surface area (TPSA) is 12.5 Å². The Balaban J connectivity index is 2.49. The Kier molecular flexibility index (Phi) is 2.90. The highest BCUT2D eigenvalue weighted by Crippen LogP contribution is 2.27. The molecule has 1 heterocycles. The lowest BCUT2D eigenvalue weighted by Gasteiger charge is -2.24. The van der Waals surface area contributed by atoms with E-state index in [2.05, 4.69) is 25.8 Å². The molecule has 2 heteroatoms. The molecule has 0 aliphatic carbocycles. The summed E-state index contributed by atoms with van der Waals surface area (Å²) in [5.41, 5.74) is 0. The van der Waals surface area contributed by atoms with Gasteiger partial charge in [-0.05, 0) is 26.3 Å². The SMILES string of the molecule is COCC1C(C)C[C@H](C)N1C. The zero-order chi connectivity index (χ0) is 8.43. The predicted molar refractivity (Wildman–Crippen MR) is 46.7 cm³/mol. The molecule has 11 heavy (non-hydrogen) atoms. The third-order valence-corrected chi connectivity index (χ3v) is 2.93. The van der Waals surface area contributed by atoms with Crippen molar-refractivity contribution in [3.05, 3.63) is 0 Å². The quantitative estimate of drug-likeness (QED) is 0.600. The van der Waals surface area contributed by atoms with Gasteiger partial charge in [-0.3, -0.25) is 4.90 Å². The van der Waals surface area contributed by atoms with Gasteiger partial charge in [0.25, 0.3) is 0 Å². The van der Waals surface area contributed by atoms with Crippen molar-refractivity contribution in [1.29, 1.82) is 0 Å². The Hall–Kier alpha value is -0.0800. The molecule has 1 aliphatic heterocycles. The number of rotatable bonds is 2. The summed E-state index contributed by atoms with van der Waals surface area (Å²) in [7, 11) is 3.97. The van der Waals surface area contributed by atoms with Crippen LogP contribution >= 0.6 is 0 Å². The lowest BCUT2D eigenvalue weighted by atomic mass is 10.0. The van der Waals surface area contributed by atoms with Crippen LogP contribution in [0, 0.1) is 5.92 Å². The minimum Gasteiger partial charge on any atom is -0.383 e. The number of nitrogens with zero attached hydrogens (tertiary/aromatic N) is 1. The van der Waals surface area contributed by atoms with Gasteiger partial charge in [-0.25, -0.2) is 0 Å². The Labute approximate surface area is 69.5 Å². The molecule has 0 radical (unpaired) electrons. The van der Waals surface area contributed by atoms with Crippen LogP contribution in [0.4, 0.5) is 0 Å². The molecule has 0 spiro atoms. The molecule has 1 fully saturated rings. The van der Waals surface area contributed by atoms with Gasteiger partial charge in [-0.1, -0.05) is 6.92 Å². The van der Waals surface area contributed by atoms with Gasteiger partial charge in [0.1, 0.15) is 0 Å². The first-order valence-corrected chi connectivity index (χ1v) is 4.37. The molecule has 0 aromatic carbocycles. The van der Waals surface area contributed by atoms with Crippen LogP contribution in [0.25, 0.3) is 0 Å². The molecule has 1 aliphatic rings. The summed E-state index contributed by atoms with van der Waals surface area (Å²) in [5, 5.41) is 0. The largest absolute Gasteiger partial charge is 0.383 e. The number of methoxy groups -OCH3 is 1. The zero-order valence-corrected chi connectivity index (χ0v) is 8.00. The van der Waals surface area contributed by atoms with Crippen molar-refractivity contribution in [3.63, 3.8) is 0 Å². The smallest absolute Gasteiger partial charge is 0.0620 e. The van der Waals surface area contributed by atoms with Crippen LogP contribution < -0.4 is 0 Å². The Morgan fingerprint density at radius 3 is 2.45 bits per heavy atom. The molecule has 2 nitrogen and oxygen atoms in total. The number of ether oxygens (including phenoxy) is 1. The van der Waals surface area contributed by atoms with Crippen LogP contribution in [-0.4, -0.2) is 37.7 Å². The summed E-state index contributed by atoms with van der Waals surface area (Å²) in [4.78, 5) is 2.42. The van der Waals surface area contributed by atoms with Crippen LogP contribution in [-0.2, 0) is 4.74 Å². The molecule has 1 rings (SSSR count). The highest BCUT2D eigenvalue weighted by Gasteiger charge is 2.33. The van der Waals surface area contributed by atoms with Crippen molar-refractivity contribution in [3.8, 4) is 0 Å². The van der Waals surface area contributed by atoms with Crippen molar-refractivity contribution < 1.29 is 4.74 Å². The van der Waals surface area contributed by atoms with Gasteiger partial charge < -0.3 is 4.74 Å². The van der Waals surface area contributed by atoms with E-state index >= 15 is 0 Å². The minimum absolute atomic E-state index is 0.634. The molecule has 3 atom stereocenters. The Bertz CT molecular complexity index is 127. The number of hydrogen-bond acceptors (Lipinski definition) is 2. The van der Waals surface area contributed by atoms with Crippen LogP contribution in [0.3, 0.4) is 0 Å². The third-order valence-electron chi connectivity index (χ3n) is 2.93. The molecule has 2 unspecified atom stereocenters. The molecule has 1 saturated heterocycles. The molecule has 0 aromatic rings. The molecule has 0 N–H and O–H groups in total. The lowest BCUT2D eigenvalue weighted by Crippen LogP contribution is -2.35. The second-order valence-corrected chi connectivity index (χ2v) is 3.75. The van der Waals surface area contributed by atoms with Gasteiger partial charge in [-0.2, -0.15) is 0 Å². The van der Waals surface area contributed by atoms with Gasteiger partial charge in [-0.15, -0.1) is 0 Å². The molecular weight excluding hydrogens is 138 g/mol. The highest BCUT2D eigenvalue weighted by molar-refractivity contribution is 4.87. The Morgan fingerprint density at radius 2 is 2.09 bits per heavy atom. The van der Waals surface area contributed by atoms with Crippen molar-refractivity contribution >= 4 is 0 Å². The van der Waals surface area contributed by atoms with Crippen molar-refractivity contribution in [1.82, 2.24) is 4.90 Å². The molecule has 0 amide bonds. The van der Waals surface area contributed by atoms with E-state index in [1.807, 2.05) is 0 Å². The van der Waals surface area contributed by atoms with Gasteiger partial charge in [0.2, 0.25) is 0 Å². The monoisotopic (exact) mass is 157 g/mol. The van der Waals surface area contributed by atoms with E-state index < -0.39 is 0 Å². The number of likely N-dealkylation sites (tertiary alicyclic amines) is 1. The average molecular weight is 157 g/mol. The Morgan fingerprint density at radius 1 is 1.45 bits per heavy atom. The van der Waals surface area contributed by atoms with Crippen molar-refractivity contribution in [2.45, 2.75) is 32.4 Å². The highest BCUT2D eigenvalue weighted by atomic mass is 16.5. The summed E-state index contributed by atoms with van der Waals surface area (Å²) in [5.74, 6) is 0.787. The van der Waals surface area contributed by atoms with Gasteiger partial charge >= 0.3 is 0 Å². The van der Waals surface area contributed by atoms with Gasteiger partial charge in [0.05, 0.1) is 6.61 Å². The summed E-state index contributed by atoms with van der Waals surface area (Å²) in [6.07, 6.45) is 1.31. The standard InChI is InChI=1S/C9H19NO/c1-7-5-8(2)10(3)9(7)6-11-4/h7-9H,5-6H2,1-4H3/t7?,8-,9?/m0/s1. The van der Waals surface area contributed by atoms with E-state index in [-0.39, 0.29) is 0 Å². The van der Waals surface area contributed by atoms with Crippen molar-refractivity contribution in [2.24, 2.45) is 5.92 Å². The normalized spacial score (nSPS) is 39.8. The zero-order valence-electron chi connectivity index (χ0n) is 8.00. The first-order valence-electron chi connectivity index (χ1n) is 4.37. The van der Waals surface area contributed by atoms with Crippen LogP contribution in [0.5, 0.6) is 0 Å². The first kappa shape index (κ1) is 9.01. The van der Waals surface area contributed by atoms with Gasteiger partial charge in [0.15, 0.2) is 0 Å². The second kappa shape index (κ2) is 3.55. The average Bonchev–Trinajstić information content (AvgIpc) is 2.17. The summed E-state index contributed by atoms with van der Waals surface area (Å²) in [6, 6.07) is 1.36. The predicted octanol–water partition coefficient (Wildman–Crippen LogP) is 1.36. The fraction of sp³-hybridized carbons (Fsp3) is 1.00. The van der Waals surface area contributed by atoms with E-state index in [0.717, 1.165) is 18.6 Å².